The molecular weight excluding hydrogens is 293 g/mol. The number of benzene rings is 2. The highest BCUT2D eigenvalue weighted by Crippen LogP contribution is 2.25. The van der Waals surface area contributed by atoms with Gasteiger partial charge in [0, 0.05) is 17.7 Å². The highest BCUT2D eigenvalue weighted by atomic mass is 19.1. The number of hydrogen-bond donors (Lipinski definition) is 2. The van der Waals surface area contributed by atoms with Crippen molar-refractivity contribution in [1.29, 1.82) is 0 Å². The van der Waals surface area contributed by atoms with Crippen LogP contribution in [0, 0.1) is 15.9 Å². The van der Waals surface area contributed by atoms with Gasteiger partial charge in [0.25, 0.3) is 11.6 Å². The van der Waals surface area contributed by atoms with Gasteiger partial charge in [0.2, 0.25) is 0 Å². The monoisotopic (exact) mass is 305 g/mol. The van der Waals surface area contributed by atoms with Crippen LogP contribution in [0.3, 0.4) is 0 Å². The summed E-state index contributed by atoms with van der Waals surface area (Å²) in [5, 5.41) is 10.8. The van der Waals surface area contributed by atoms with Gasteiger partial charge >= 0.3 is 0 Å². The zero-order valence-corrected chi connectivity index (χ0v) is 11.3. The van der Waals surface area contributed by atoms with Crippen molar-refractivity contribution in [3.8, 4) is 5.75 Å². The average molecular weight is 305 g/mol. The van der Waals surface area contributed by atoms with Crippen LogP contribution in [-0.4, -0.2) is 10.8 Å². The maximum absolute atomic E-state index is 13.5. The predicted octanol–water partition coefficient (Wildman–Crippen LogP) is 1.92. The van der Waals surface area contributed by atoms with E-state index in [1.807, 2.05) is 5.43 Å². The fourth-order valence-electron chi connectivity index (χ4n) is 1.78. The molecule has 2 aromatic carbocycles. The standard InChI is InChI=1S/C14H12FN3O4/c15-12-4-2-1-3-9(12)8-22-13-6-5-10(18(20)21)7-11(13)14(19)17-16/h1-7H,8,16H2,(H,17,19). The first-order chi connectivity index (χ1) is 10.5. The Balaban J connectivity index is 2.28. The number of nitro benzene ring substituents is 1. The van der Waals surface area contributed by atoms with Gasteiger partial charge in [-0.25, -0.2) is 10.2 Å². The van der Waals surface area contributed by atoms with Crippen LogP contribution in [0.25, 0.3) is 0 Å². The SMILES string of the molecule is NNC(=O)c1cc([N+](=O)[O-])ccc1OCc1ccccc1F. The first kappa shape index (κ1) is 15.4. The van der Waals surface area contributed by atoms with Crippen molar-refractivity contribution in [2.45, 2.75) is 6.61 Å². The second kappa shape index (κ2) is 6.64. The molecule has 0 aliphatic rings. The molecule has 0 atom stereocenters. The van der Waals surface area contributed by atoms with E-state index in [2.05, 4.69) is 0 Å². The Labute approximate surface area is 124 Å². The van der Waals surface area contributed by atoms with Gasteiger partial charge in [-0.1, -0.05) is 18.2 Å². The average Bonchev–Trinajstić information content (AvgIpc) is 2.53. The minimum Gasteiger partial charge on any atom is -0.488 e. The molecule has 0 heterocycles. The fraction of sp³-hybridized carbons (Fsp3) is 0.0714. The van der Waals surface area contributed by atoms with Crippen LogP contribution in [-0.2, 0) is 6.61 Å². The van der Waals surface area contributed by atoms with E-state index in [1.54, 1.807) is 6.07 Å². The molecule has 0 unspecified atom stereocenters. The Morgan fingerprint density at radius 2 is 2.05 bits per heavy atom. The van der Waals surface area contributed by atoms with E-state index < -0.39 is 16.6 Å². The molecule has 0 saturated heterocycles. The van der Waals surface area contributed by atoms with Gasteiger partial charge in [-0.05, 0) is 12.1 Å². The van der Waals surface area contributed by atoms with Crippen LogP contribution in [0.4, 0.5) is 10.1 Å². The molecule has 1 amide bonds. The minimum absolute atomic E-state index is 0.0665. The molecule has 114 valence electrons. The molecule has 0 aliphatic heterocycles. The number of ether oxygens (including phenoxy) is 1. The third-order valence-electron chi connectivity index (χ3n) is 2.89. The van der Waals surface area contributed by atoms with E-state index in [0.29, 0.717) is 5.56 Å². The topological polar surface area (TPSA) is 107 Å². The highest BCUT2D eigenvalue weighted by molar-refractivity contribution is 5.97. The molecular formula is C14H12FN3O4. The number of nitrogen functional groups attached to an aromatic ring is 1. The van der Waals surface area contributed by atoms with E-state index in [0.717, 1.165) is 6.07 Å². The van der Waals surface area contributed by atoms with Crippen molar-refractivity contribution in [2.75, 3.05) is 0 Å². The van der Waals surface area contributed by atoms with Crippen LogP contribution in [0.2, 0.25) is 0 Å². The summed E-state index contributed by atoms with van der Waals surface area (Å²) in [6, 6.07) is 9.49. The third kappa shape index (κ3) is 3.36. The summed E-state index contributed by atoms with van der Waals surface area (Å²) in [7, 11) is 0. The van der Waals surface area contributed by atoms with Crippen molar-refractivity contribution in [3.63, 3.8) is 0 Å². The van der Waals surface area contributed by atoms with E-state index in [4.69, 9.17) is 10.6 Å². The second-order valence-corrected chi connectivity index (χ2v) is 4.29. The lowest BCUT2D eigenvalue weighted by Gasteiger charge is -2.11. The van der Waals surface area contributed by atoms with E-state index in [-0.39, 0.29) is 23.6 Å². The summed E-state index contributed by atoms with van der Waals surface area (Å²) in [5.41, 5.74) is 1.79. The summed E-state index contributed by atoms with van der Waals surface area (Å²) in [5.74, 6) is 3.92. The molecule has 0 radical (unpaired) electrons. The molecule has 0 aromatic heterocycles. The predicted molar refractivity (Wildman–Crippen MR) is 75.5 cm³/mol. The van der Waals surface area contributed by atoms with Crippen molar-refractivity contribution < 1.29 is 18.8 Å². The number of non-ortho nitro benzene ring substituents is 1. The summed E-state index contributed by atoms with van der Waals surface area (Å²) < 4.78 is 18.9. The first-order valence-corrected chi connectivity index (χ1v) is 6.18. The number of carbonyl (C=O) groups is 1. The van der Waals surface area contributed by atoms with E-state index in [1.165, 1.54) is 30.3 Å². The van der Waals surface area contributed by atoms with Crippen LogP contribution in [0.5, 0.6) is 5.75 Å². The fourth-order valence-corrected chi connectivity index (χ4v) is 1.78. The van der Waals surface area contributed by atoms with Gasteiger partial charge in [-0.3, -0.25) is 20.3 Å². The molecule has 0 aliphatic carbocycles. The Bertz CT molecular complexity index is 721. The van der Waals surface area contributed by atoms with Gasteiger partial charge in [0.05, 0.1) is 10.5 Å². The molecule has 2 aromatic rings. The molecule has 0 fully saturated rings. The molecule has 0 bridgehead atoms. The van der Waals surface area contributed by atoms with Gasteiger partial charge in [-0.15, -0.1) is 0 Å². The van der Waals surface area contributed by atoms with Crippen LogP contribution in [0.15, 0.2) is 42.5 Å². The van der Waals surface area contributed by atoms with Gasteiger partial charge < -0.3 is 4.74 Å². The number of amides is 1. The first-order valence-electron chi connectivity index (χ1n) is 6.18. The lowest BCUT2D eigenvalue weighted by Crippen LogP contribution is -2.30. The molecule has 3 N–H and O–H groups in total. The van der Waals surface area contributed by atoms with Gasteiger partial charge in [-0.2, -0.15) is 0 Å². The number of nitrogens with one attached hydrogen (secondary N) is 1. The van der Waals surface area contributed by atoms with E-state index >= 15 is 0 Å². The normalized spacial score (nSPS) is 10.1. The quantitative estimate of drug-likeness (QED) is 0.380. The number of hydrogen-bond acceptors (Lipinski definition) is 5. The van der Waals surface area contributed by atoms with Gasteiger partial charge in [0.1, 0.15) is 18.2 Å². The summed E-state index contributed by atoms with van der Waals surface area (Å²) >= 11 is 0. The van der Waals surface area contributed by atoms with Crippen LogP contribution in [0.1, 0.15) is 15.9 Å². The van der Waals surface area contributed by atoms with Gasteiger partial charge in [0.15, 0.2) is 0 Å². The van der Waals surface area contributed by atoms with Crippen LogP contribution < -0.4 is 16.0 Å². The van der Waals surface area contributed by atoms with Crippen molar-refractivity contribution in [2.24, 2.45) is 5.84 Å². The lowest BCUT2D eigenvalue weighted by molar-refractivity contribution is -0.384. The smallest absolute Gasteiger partial charge is 0.270 e. The minimum atomic E-state index is -0.743. The summed E-state index contributed by atoms with van der Waals surface area (Å²) in [6.45, 7) is -0.130. The third-order valence-corrected chi connectivity index (χ3v) is 2.89. The molecule has 8 heteroatoms. The summed E-state index contributed by atoms with van der Waals surface area (Å²) in [4.78, 5) is 21.8. The number of nitrogens with two attached hydrogens (primary N) is 1. The number of halogens is 1. The molecule has 7 nitrogen and oxygen atoms in total. The number of rotatable bonds is 5. The zero-order chi connectivity index (χ0) is 16.1. The number of hydrazine groups is 1. The number of carbonyl (C=O) groups excluding carboxylic acids is 1. The Morgan fingerprint density at radius 1 is 1.32 bits per heavy atom. The molecule has 0 saturated carbocycles. The molecule has 2 rings (SSSR count). The Morgan fingerprint density at radius 3 is 2.68 bits per heavy atom. The van der Waals surface area contributed by atoms with Crippen molar-refractivity contribution in [1.82, 2.24) is 5.43 Å². The molecule has 0 spiro atoms. The second-order valence-electron chi connectivity index (χ2n) is 4.29. The largest absolute Gasteiger partial charge is 0.488 e. The maximum Gasteiger partial charge on any atom is 0.270 e. The van der Waals surface area contributed by atoms with Crippen molar-refractivity contribution in [3.05, 3.63) is 69.5 Å². The van der Waals surface area contributed by atoms with E-state index in [9.17, 15) is 19.3 Å². The number of nitrogens with zero attached hydrogens (tertiary/aromatic N) is 1. The number of nitro groups is 1. The zero-order valence-electron chi connectivity index (χ0n) is 11.3. The van der Waals surface area contributed by atoms with Crippen LogP contribution >= 0.6 is 0 Å². The molecule has 22 heavy (non-hydrogen) atoms. The summed E-state index contributed by atoms with van der Waals surface area (Å²) in [6.07, 6.45) is 0. The van der Waals surface area contributed by atoms with Crippen molar-refractivity contribution >= 4 is 11.6 Å². The lowest BCUT2D eigenvalue weighted by atomic mass is 10.1. The Kier molecular flexibility index (Phi) is 4.64. The highest BCUT2D eigenvalue weighted by Gasteiger charge is 2.17. The Hall–Kier alpha value is -3.00. The maximum atomic E-state index is 13.5.